The van der Waals surface area contributed by atoms with Crippen LogP contribution < -0.4 is 20.3 Å². The first-order valence-electron chi connectivity index (χ1n) is 13.3. The van der Waals surface area contributed by atoms with E-state index in [1.54, 1.807) is 86.6 Å². The minimum absolute atomic E-state index is 0.0791. The SMILES string of the molecule is CC(C)OC(=O)c1ccc(NC(=O)c2ccc(NC3=C(Cl)C(=O)N(c4ccc(Oc5ccccc5)cc4)C3=O)cc2)cc1. The van der Waals surface area contributed by atoms with Crippen molar-refractivity contribution in [3.05, 3.63) is 125 Å². The molecule has 1 aliphatic heterocycles. The number of amides is 3. The second-order valence-corrected chi connectivity index (χ2v) is 10.1. The van der Waals surface area contributed by atoms with Crippen LogP contribution in [0.1, 0.15) is 34.6 Å². The molecule has 0 saturated carbocycles. The predicted molar refractivity (Wildman–Crippen MR) is 163 cm³/mol. The number of hydrogen-bond donors (Lipinski definition) is 2. The molecule has 10 heteroatoms. The molecule has 0 aliphatic carbocycles. The molecular weight excluding hydrogens is 570 g/mol. The van der Waals surface area contributed by atoms with Gasteiger partial charge in [-0.1, -0.05) is 29.8 Å². The van der Waals surface area contributed by atoms with E-state index in [4.69, 9.17) is 21.1 Å². The van der Waals surface area contributed by atoms with Crippen LogP contribution in [0.25, 0.3) is 0 Å². The Morgan fingerprint density at radius 2 is 1.30 bits per heavy atom. The Balaban J connectivity index is 1.21. The van der Waals surface area contributed by atoms with Gasteiger partial charge in [0.2, 0.25) is 0 Å². The molecule has 4 aromatic rings. The highest BCUT2D eigenvalue weighted by molar-refractivity contribution is 6.53. The molecule has 1 aliphatic rings. The highest BCUT2D eigenvalue weighted by Gasteiger charge is 2.39. The lowest BCUT2D eigenvalue weighted by molar-refractivity contribution is -0.120. The molecule has 0 unspecified atom stereocenters. The summed E-state index contributed by atoms with van der Waals surface area (Å²) in [6, 6.07) is 28.4. The summed E-state index contributed by atoms with van der Waals surface area (Å²) in [4.78, 5) is 51.8. The summed E-state index contributed by atoms with van der Waals surface area (Å²) in [5, 5.41) is 5.41. The monoisotopic (exact) mass is 595 g/mol. The van der Waals surface area contributed by atoms with E-state index in [-0.39, 0.29) is 22.7 Å². The molecular formula is C33H26ClN3O6. The highest BCUT2D eigenvalue weighted by atomic mass is 35.5. The Bertz CT molecular complexity index is 1700. The lowest BCUT2D eigenvalue weighted by Gasteiger charge is -2.16. The summed E-state index contributed by atoms with van der Waals surface area (Å²) in [5.41, 5.74) is 1.93. The van der Waals surface area contributed by atoms with Crippen molar-refractivity contribution in [2.75, 3.05) is 15.5 Å². The maximum atomic E-state index is 13.2. The molecule has 1 heterocycles. The number of halogens is 1. The Kier molecular flexibility index (Phi) is 8.54. The molecule has 43 heavy (non-hydrogen) atoms. The second-order valence-electron chi connectivity index (χ2n) is 9.73. The van der Waals surface area contributed by atoms with Gasteiger partial charge in [0.05, 0.1) is 17.4 Å². The molecule has 0 radical (unpaired) electrons. The zero-order valence-electron chi connectivity index (χ0n) is 23.2. The van der Waals surface area contributed by atoms with Gasteiger partial charge in [-0.25, -0.2) is 9.69 Å². The van der Waals surface area contributed by atoms with Gasteiger partial charge in [-0.05, 0) is 98.8 Å². The smallest absolute Gasteiger partial charge is 0.338 e. The largest absolute Gasteiger partial charge is 0.459 e. The minimum Gasteiger partial charge on any atom is -0.459 e. The predicted octanol–water partition coefficient (Wildman–Crippen LogP) is 6.73. The lowest BCUT2D eigenvalue weighted by Crippen LogP contribution is -2.32. The van der Waals surface area contributed by atoms with Crippen molar-refractivity contribution in [3.63, 3.8) is 0 Å². The maximum Gasteiger partial charge on any atom is 0.338 e. The molecule has 0 aromatic heterocycles. The molecule has 9 nitrogen and oxygen atoms in total. The Hall–Kier alpha value is -5.41. The number of ether oxygens (including phenoxy) is 2. The third kappa shape index (κ3) is 6.74. The molecule has 0 saturated heterocycles. The van der Waals surface area contributed by atoms with Crippen molar-refractivity contribution in [1.82, 2.24) is 0 Å². The number of carbonyl (C=O) groups is 4. The third-order valence-corrected chi connectivity index (χ3v) is 6.59. The second kappa shape index (κ2) is 12.6. The lowest BCUT2D eigenvalue weighted by atomic mass is 10.1. The number of anilines is 3. The summed E-state index contributed by atoms with van der Waals surface area (Å²) in [5.74, 6) is -0.899. The van der Waals surface area contributed by atoms with Gasteiger partial charge in [-0.15, -0.1) is 0 Å². The zero-order valence-corrected chi connectivity index (χ0v) is 23.9. The highest BCUT2D eigenvalue weighted by Crippen LogP contribution is 2.32. The average molecular weight is 596 g/mol. The van der Waals surface area contributed by atoms with Gasteiger partial charge in [0.25, 0.3) is 17.7 Å². The fourth-order valence-corrected chi connectivity index (χ4v) is 4.37. The molecule has 3 amide bonds. The molecule has 0 spiro atoms. The number of carbonyl (C=O) groups excluding carboxylic acids is 4. The van der Waals surface area contributed by atoms with Crippen molar-refractivity contribution in [3.8, 4) is 11.5 Å². The van der Waals surface area contributed by atoms with Gasteiger partial charge in [0.1, 0.15) is 22.2 Å². The van der Waals surface area contributed by atoms with E-state index in [0.29, 0.717) is 39.7 Å². The van der Waals surface area contributed by atoms with Crippen LogP contribution in [0, 0.1) is 0 Å². The van der Waals surface area contributed by atoms with Crippen LogP contribution >= 0.6 is 11.6 Å². The first kappa shape index (κ1) is 29.1. The van der Waals surface area contributed by atoms with Crippen molar-refractivity contribution in [1.29, 1.82) is 0 Å². The van der Waals surface area contributed by atoms with E-state index in [9.17, 15) is 19.2 Å². The Morgan fingerprint density at radius 1 is 0.721 bits per heavy atom. The number of esters is 1. The fraction of sp³-hybridized carbons (Fsp3) is 0.0909. The fourth-order valence-electron chi connectivity index (χ4n) is 4.16. The third-order valence-electron chi connectivity index (χ3n) is 6.24. The molecule has 0 fully saturated rings. The molecule has 216 valence electrons. The topological polar surface area (TPSA) is 114 Å². The van der Waals surface area contributed by atoms with E-state index >= 15 is 0 Å². The van der Waals surface area contributed by atoms with E-state index in [1.807, 2.05) is 30.3 Å². The van der Waals surface area contributed by atoms with Gasteiger partial charge in [-0.2, -0.15) is 0 Å². The number of rotatable bonds is 9. The van der Waals surface area contributed by atoms with Gasteiger partial charge >= 0.3 is 5.97 Å². The van der Waals surface area contributed by atoms with Crippen molar-refractivity contribution < 1.29 is 28.7 Å². The summed E-state index contributed by atoms with van der Waals surface area (Å²) >= 11 is 6.27. The van der Waals surface area contributed by atoms with Crippen LogP contribution in [0.3, 0.4) is 0 Å². The van der Waals surface area contributed by atoms with Gasteiger partial charge in [0.15, 0.2) is 0 Å². The quantitative estimate of drug-likeness (QED) is 0.163. The average Bonchev–Trinajstić information content (AvgIpc) is 3.21. The first-order chi connectivity index (χ1) is 20.7. The van der Waals surface area contributed by atoms with Crippen molar-refractivity contribution >= 4 is 52.4 Å². The Morgan fingerprint density at radius 3 is 1.93 bits per heavy atom. The van der Waals surface area contributed by atoms with Crippen molar-refractivity contribution in [2.24, 2.45) is 0 Å². The summed E-state index contributed by atoms with van der Waals surface area (Å²) in [6.45, 7) is 3.53. The van der Waals surface area contributed by atoms with Crippen LogP contribution in [0.15, 0.2) is 114 Å². The molecule has 0 atom stereocenters. The minimum atomic E-state index is -0.662. The van der Waals surface area contributed by atoms with Gasteiger partial charge in [-0.3, -0.25) is 14.4 Å². The molecule has 5 rings (SSSR count). The van der Waals surface area contributed by atoms with E-state index in [0.717, 1.165) is 4.90 Å². The number of para-hydroxylation sites is 1. The summed E-state index contributed by atoms with van der Waals surface area (Å²) < 4.78 is 10.9. The van der Waals surface area contributed by atoms with E-state index in [1.165, 1.54) is 0 Å². The standard InChI is InChI=1S/C33H26ClN3O6/c1-20(2)42-33(41)22-10-14-24(15-11-22)36-30(38)21-8-12-23(13-9-21)35-29-28(34)31(39)37(32(29)40)25-16-18-27(19-17-25)43-26-6-4-3-5-7-26/h3-20,35H,1-2H3,(H,36,38). The number of benzene rings is 4. The van der Waals surface area contributed by atoms with Crippen LogP contribution in [0.5, 0.6) is 11.5 Å². The van der Waals surface area contributed by atoms with Crippen LogP contribution in [-0.2, 0) is 14.3 Å². The van der Waals surface area contributed by atoms with Crippen LogP contribution in [0.2, 0.25) is 0 Å². The number of nitrogens with zero attached hydrogens (tertiary/aromatic N) is 1. The van der Waals surface area contributed by atoms with Gasteiger partial charge in [0, 0.05) is 16.9 Å². The van der Waals surface area contributed by atoms with Crippen LogP contribution in [0.4, 0.5) is 17.1 Å². The Labute approximate surface area is 252 Å². The first-order valence-corrected chi connectivity index (χ1v) is 13.7. The summed E-state index contributed by atoms with van der Waals surface area (Å²) in [6.07, 6.45) is -0.235. The van der Waals surface area contributed by atoms with Crippen LogP contribution in [-0.4, -0.2) is 29.8 Å². The molecule has 2 N–H and O–H groups in total. The zero-order chi connectivity index (χ0) is 30.5. The maximum absolute atomic E-state index is 13.2. The number of imide groups is 1. The van der Waals surface area contributed by atoms with Gasteiger partial charge < -0.3 is 20.1 Å². The normalized spacial score (nSPS) is 12.9. The van der Waals surface area contributed by atoms with E-state index in [2.05, 4.69) is 10.6 Å². The summed E-state index contributed by atoms with van der Waals surface area (Å²) in [7, 11) is 0. The molecule has 0 bridgehead atoms. The van der Waals surface area contributed by atoms with E-state index < -0.39 is 17.8 Å². The number of nitrogens with one attached hydrogen (secondary N) is 2. The molecule has 4 aromatic carbocycles. The number of hydrogen-bond acceptors (Lipinski definition) is 7. The van der Waals surface area contributed by atoms with Crippen molar-refractivity contribution in [2.45, 2.75) is 20.0 Å².